The fourth-order valence-corrected chi connectivity index (χ4v) is 2.16. The van der Waals surface area contributed by atoms with Crippen LogP contribution < -0.4 is 5.73 Å². The van der Waals surface area contributed by atoms with Crippen molar-refractivity contribution in [2.24, 2.45) is 5.73 Å². The number of nitrogens with two attached hydrogens (primary N) is 1. The van der Waals surface area contributed by atoms with Gasteiger partial charge in [-0.3, -0.25) is 0 Å². The smallest absolute Gasteiger partial charge is 0.103 e. The maximum Gasteiger partial charge on any atom is 0.103 e. The summed E-state index contributed by atoms with van der Waals surface area (Å²) >= 11 is 4.99. The lowest BCUT2D eigenvalue weighted by Gasteiger charge is -2.18. The van der Waals surface area contributed by atoms with Crippen LogP contribution in [0.4, 0.5) is 0 Å². The highest BCUT2D eigenvalue weighted by molar-refractivity contribution is 7.80. The second-order valence-corrected chi connectivity index (χ2v) is 5.39. The van der Waals surface area contributed by atoms with Crippen molar-refractivity contribution in [3.63, 3.8) is 0 Å². The summed E-state index contributed by atoms with van der Waals surface area (Å²) < 4.78 is 0. The molecule has 0 aliphatic heterocycles. The first-order valence-electron chi connectivity index (χ1n) is 6.62. The predicted molar refractivity (Wildman–Crippen MR) is 82.9 cm³/mol. The molecule has 0 aliphatic rings. The van der Waals surface area contributed by atoms with Gasteiger partial charge in [0.2, 0.25) is 0 Å². The fraction of sp³-hybridized carbons (Fsp3) is 0.533. The Morgan fingerprint density at radius 1 is 1.33 bits per heavy atom. The molecule has 100 valence electrons. The lowest BCUT2D eigenvalue weighted by molar-refractivity contribution is 0.317. The number of nitrogens with zero attached hydrogens (tertiary/aromatic N) is 1. The number of thiocarbonyl (C=S) groups is 1. The van der Waals surface area contributed by atoms with Crippen molar-refractivity contribution in [2.75, 3.05) is 13.6 Å². The molecule has 0 saturated heterocycles. The van der Waals surface area contributed by atoms with E-state index in [2.05, 4.69) is 37.9 Å². The molecule has 0 radical (unpaired) electrons. The highest BCUT2D eigenvalue weighted by atomic mass is 32.1. The normalized spacial score (nSPS) is 10.9. The third-order valence-corrected chi connectivity index (χ3v) is 3.45. The molecule has 0 saturated carbocycles. The summed E-state index contributed by atoms with van der Waals surface area (Å²) in [6.07, 6.45) is 3.86. The van der Waals surface area contributed by atoms with E-state index in [1.807, 2.05) is 6.07 Å². The van der Waals surface area contributed by atoms with Crippen LogP contribution in [0.5, 0.6) is 0 Å². The average Bonchev–Trinajstić information content (AvgIpc) is 2.32. The average molecular weight is 264 g/mol. The predicted octanol–water partition coefficient (Wildman–Crippen LogP) is 3.25. The molecule has 0 bridgehead atoms. The van der Waals surface area contributed by atoms with Gasteiger partial charge >= 0.3 is 0 Å². The highest BCUT2D eigenvalue weighted by Gasteiger charge is 2.05. The largest absolute Gasteiger partial charge is 0.389 e. The highest BCUT2D eigenvalue weighted by Crippen LogP contribution is 2.13. The van der Waals surface area contributed by atoms with Crippen LogP contribution in [0, 0.1) is 6.92 Å². The number of hydrogen-bond donors (Lipinski definition) is 1. The molecule has 18 heavy (non-hydrogen) atoms. The Bertz CT molecular complexity index is 401. The summed E-state index contributed by atoms with van der Waals surface area (Å²) in [6.45, 7) is 6.51. The molecular weight excluding hydrogens is 240 g/mol. The van der Waals surface area contributed by atoms with Gasteiger partial charge in [-0.25, -0.2) is 0 Å². The van der Waals surface area contributed by atoms with E-state index in [4.69, 9.17) is 18.0 Å². The van der Waals surface area contributed by atoms with Gasteiger partial charge in [0.05, 0.1) is 0 Å². The number of hydrogen-bond acceptors (Lipinski definition) is 2. The van der Waals surface area contributed by atoms with Crippen molar-refractivity contribution in [3.8, 4) is 0 Å². The minimum Gasteiger partial charge on any atom is -0.389 e. The van der Waals surface area contributed by atoms with E-state index >= 15 is 0 Å². The number of unbranched alkanes of at least 4 members (excludes halogenated alkanes) is 2. The van der Waals surface area contributed by atoms with Gasteiger partial charge in [-0.15, -0.1) is 0 Å². The van der Waals surface area contributed by atoms with Gasteiger partial charge in [-0.2, -0.15) is 0 Å². The molecule has 0 amide bonds. The third-order valence-electron chi connectivity index (χ3n) is 3.21. The lowest BCUT2D eigenvalue weighted by atomic mass is 10.0. The van der Waals surface area contributed by atoms with E-state index in [9.17, 15) is 0 Å². The Labute approximate surface area is 116 Å². The van der Waals surface area contributed by atoms with Crippen LogP contribution in [0.15, 0.2) is 18.2 Å². The van der Waals surface area contributed by atoms with E-state index in [0.29, 0.717) is 4.99 Å². The zero-order valence-corrected chi connectivity index (χ0v) is 12.5. The summed E-state index contributed by atoms with van der Waals surface area (Å²) in [6, 6.07) is 6.24. The van der Waals surface area contributed by atoms with Crippen LogP contribution in [0.25, 0.3) is 0 Å². The standard InChI is InChI=1S/C15H24N2S/c1-4-5-6-9-17(3)11-14-8-7-13(15(16)18)10-12(14)2/h7-8,10H,4-6,9,11H2,1-3H3,(H2,16,18). The maximum absolute atomic E-state index is 5.64. The SMILES string of the molecule is CCCCCN(C)Cc1ccc(C(N)=S)cc1C. The molecule has 2 nitrogen and oxygen atoms in total. The van der Waals surface area contributed by atoms with E-state index in [1.54, 1.807) is 0 Å². The Hall–Kier alpha value is -0.930. The molecule has 2 N–H and O–H groups in total. The molecule has 0 fully saturated rings. The van der Waals surface area contributed by atoms with E-state index in [-0.39, 0.29) is 0 Å². The molecule has 0 aliphatic carbocycles. The van der Waals surface area contributed by atoms with Gasteiger partial charge in [0, 0.05) is 12.1 Å². The summed E-state index contributed by atoms with van der Waals surface area (Å²) in [5.41, 5.74) is 9.22. The summed E-state index contributed by atoms with van der Waals surface area (Å²) in [5.74, 6) is 0. The topological polar surface area (TPSA) is 29.3 Å². The molecule has 0 unspecified atom stereocenters. The Kier molecular flexibility index (Phi) is 6.30. The molecule has 1 aromatic carbocycles. The molecule has 0 spiro atoms. The number of aryl methyl sites for hydroxylation is 1. The molecule has 1 aromatic rings. The quantitative estimate of drug-likeness (QED) is 0.605. The Morgan fingerprint density at radius 2 is 2.06 bits per heavy atom. The van der Waals surface area contributed by atoms with Crippen molar-refractivity contribution >= 4 is 17.2 Å². The van der Waals surface area contributed by atoms with Crippen molar-refractivity contribution < 1.29 is 0 Å². The van der Waals surface area contributed by atoms with Gasteiger partial charge in [0.15, 0.2) is 0 Å². The fourth-order valence-electron chi connectivity index (χ4n) is 2.03. The molecular formula is C15H24N2S. The van der Waals surface area contributed by atoms with Crippen molar-refractivity contribution in [3.05, 3.63) is 34.9 Å². The lowest BCUT2D eigenvalue weighted by Crippen LogP contribution is -2.20. The van der Waals surface area contributed by atoms with E-state index in [1.165, 1.54) is 30.4 Å². The Morgan fingerprint density at radius 3 is 2.61 bits per heavy atom. The first-order valence-corrected chi connectivity index (χ1v) is 7.03. The first kappa shape index (κ1) is 15.1. The number of benzene rings is 1. The number of rotatable bonds is 7. The van der Waals surface area contributed by atoms with Gasteiger partial charge < -0.3 is 10.6 Å². The molecule has 0 atom stereocenters. The molecule has 3 heteroatoms. The molecule has 1 rings (SSSR count). The van der Waals surface area contributed by atoms with Crippen LogP contribution in [0.1, 0.15) is 42.9 Å². The Balaban J connectivity index is 2.59. The van der Waals surface area contributed by atoms with Crippen LogP contribution in [0.2, 0.25) is 0 Å². The minimum absolute atomic E-state index is 0.473. The van der Waals surface area contributed by atoms with Crippen LogP contribution >= 0.6 is 12.2 Å². The van der Waals surface area contributed by atoms with Crippen LogP contribution in [0.3, 0.4) is 0 Å². The summed E-state index contributed by atoms with van der Waals surface area (Å²) in [7, 11) is 2.18. The molecule has 0 heterocycles. The van der Waals surface area contributed by atoms with Gasteiger partial charge in [-0.05, 0) is 44.1 Å². The van der Waals surface area contributed by atoms with Gasteiger partial charge in [-0.1, -0.05) is 44.1 Å². The first-order chi connectivity index (χ1) is 8.54. The van der Waals surface area contributed by atoms with Crippen LogP contribution in [-0.2, 0) is 6.54 Å². The zero-order valence-electron chi connectivity index (χ0n) is 11.7. The zero-order chi connectivity index (χ0) is 13.5. The monoisotopic (exact) mass is 264 g/mol. The van der Waals surface area contributed by atoms with Gasteiger partial charge in [0.1, 0.15) is 4.99 Å². The van der Waals surface area contributed by atoms with Crippen molar-refractivity contribution in [1.29, 1.82) is 0 Å². The van der Waals surface area contributed by atoms with E-state index < -0.39 is 0 Å². The van der Waals surface area contributed by atoms with E-state index in [0.717, 1.165) is 18.7 Å². The summed E-state index contributed by atoms with van der Waals surface area (Å²) in [5, 5.41) is 0. The summed E-state index contributed by atoms with van der Waals surface area (Å²) in [4.78, 5) is 2.85. The minimum atomic E-state index is 0.473. The third kappa shape index (κ3) is 4.75. The van der Waals surface area contributed by atoms with Crippen LogP contribution in [-0.4, -0.2) is 23.5 Å². The maximum atomic E-state index is 5.64. The van der Waals surface area contributed by atoms with Crippen molar-refractivity contribution in [1.82, 2.24) is 4.90 Å². The van der Waals surface area contributed by atoms with Gasteiger partial charge in [0.25, 0.3) is 0 Å². The van der Waals surface area contributed by atoms with Crippen molar-refractivity contribution in [2.45, 2.75) is 39.7 Å². The second-order valence-electron chi connectivity index (χ2n) is 4.95. The second kappa shape index (κ2) is 7.49. The molecule has 0 aromatic heterocycles.